The van der Waals surface area contributed by atoms with Crippen LogP contribution in [0.25, 0.3) is 10.9 Å². The van der Waals surface area contributed by atoms with Crippen LogP contribution in [-0.4, -0.2) is 10.9 Å². The molecule has 1 aliphatic carbocycles. The van der Waals surface area contributed by atoms with E-state index >= 15 is 0 Å². The Kier molecular flexibility index (Phi) is 2.02. The van der Waals surface area contributed by atoms with Crippen molar-refractivity contribution in [3.8, 4) is 0 Å². The fraction of sp³-hybridized carbons (Fsp3) is 0.308. The number of halogens is 1. The molecule has 1 fully saturated rings. The van der Waals surface area contributed by atoms with Gasteiger partial charge in [-0.3, -0.25) is 0 Å². The van der Waals surface area contributed by atoms with Gasteiger partial charge in [0.15, 0.2) is 0 Å². The Morgan fingerprint density at radius 2 is 2.19 bits per heavy atom. The third kappa shape index (κ3) is 1.27. The Balaban J connectivity index is 2.33. The molecule has 0 spiro atoms. The molecule has 0 unspecified atom stereocenters. The van der Waals surface area contributed by atoms with Gasteiger partial charge in [-0.05, 0) is 36.6 Å². The number of hydrogen-bond donors (Lipinski definition) is 0. The molecule has 0 atom stereocenters. The van der Waals surface area contributed by atoms with Crippen LogP contribution in [0.4, 0.5) is 0 Å². The van der Waals surface area contributed by atoms with Crippen molar-refractivity contribution in [1.82, 2.24) is 4.57 Å². The first-order valence-electron chi connectivity index (χ1n) is 5.38. The Hall–Kier alpha value is -1.09. The highest BCUT2D eigenvalue weighted by molar-refractivity contribution is 9.10. The van der Waals surface area contributed by atoms with Crippen LogP contribution < -0.4 is 0 Å². The molecule has 0 aliphatic heterocycles. The van der Waals surface area contributed by atoms with Gasteiger partial charge in [-0.15, -0.1) is 0 Å². The summed E-state index contributed by atoms with van der Waals surface area (Å²) in [5, 5.41) is 1.20. The number of fused-ring (bicyclic) bond motifs is 1. The van der Waals surface area contributed by atoms with E-state index in [9.17, 15) is 4.79 Å². The maximum absolute atomic E-state index is 11.2. The Morgan fingerprint density at radius 1 is 1.44 bits per heavy atom. The minimum absolute atomic E-state index is 0.194. The lowest BCUT2D eigenvalue weighted by atomic mass is 9.97. The molecule has 0 radical (unpaired) electrons. The summed E-state index contributed by atoms with van der Waals surface area (Å²) in [5.74, 6) is 0. The largest absolute Gasteiger partial charge is 0.350 e. The molecule has 2 nitrogen and oxygen atoms in total. The van der Waals surface area contributed by atoms with E-state index in [-0.39, 0.29) is 5.41 Å². The van der Waals surface area contributed by atoms with Crippen LogP contribution in [0.3, 0.4) is 0 Å². The van der Waals surface area contributed by atoms with Gasteiger partial charge in [0, 0.05) is 28.6 Å². The first kappa shape index (κ1) is 10.1. The van der Waals surface area contributed by atoms with E-state index in [2.05, 4.69) is 38.8 Å². The number of benzene rings is 1. The predicted molar refractivity (Wildman–Crippen MR) is 67.6 cm³/mol. The minimum Gasteiger partial charge on any atom is -0.350 e. The van der Waals surface area contributed by atoms with Crippen molar-refractivity contribution in [3.05, 3.63) is 34.4 Å². The summed E-state index contributed by atoms with van der Waals surface area (Å²) < 4.78 is 3.16. The number of carbonyl (C=O) groups excluding carboxylic acids is 1. The molecule has 1 saturated carbocycles. The maximum atomic E-state index is 11.2. The van der Waals surface area contributed by atoms with Gasteiger partial charge in [-0.1, -0.05) is 15.9 Å². The van der Waals surface area contributed by atoms with Crippen LogP contribution in [0.15, 0.2) is 28.9 Å². The highest BCUT2D eigenvalue weighted by Crippen LogP contribution is 2.49. The SMILES string of the molecule is Cn1cc(C2(C=O)CC2)c2cc(Br)ccc21. The van der Waals surface area contributed by atoms with Crippen molar-refractivity contribution in [2.24, 2.45) is 7.05 Å². The molecule has 0 N–H and O–H groups in total. The third-order valence-electron chi connectivity index (χ3n) is 3.50. The summed E-state index contributed by atoms with van der Waals surface area (Å²) in [7, 11) is 2.03. The van der Waals surface area contributed by atoms with Gasteiger partial charge in [-0.25, -0.2) is 0 Å². The summed E-state index contributed by atoms with van der Waals surface area (Å²) in [5.41, 5.74) is 2.17. The highest BCUT2D eigenvalue weighted by Gasteiger charge is 2.46. The number of aryl methyl sites for hydroxylation is 1. The van der Waals surface area contributed by atoms with E-state index in [1.807, 2.05) is 13.1 Å². The van der Waals surface area contributed by atoms with Crippen molar-refractivity contribution < 1.29 is 4.79 Å². The zero-order valence-corrected chi connectivity index (χ0v) is 10.6. The van der Waals surface area contributed by atoms with Crippen molar-refractivity contribution in [3.63, 3.8) is 0 Å². The second-order valence-corrected chi connectivity index (χ2v) is 5.50. The maximum Gasteiger partial charge on any atom is 0.130 e. The molecule has 82 valence electrons. The van der Waals surface area contributed by atoms with Crippen molar-refractivity contribution in [2.45, 2.75) is 18.3 Å². The lowest BCUT2D eigenvalue weighted by molar-refractivity contribution is -0.109. The van der Waals surface area contributed by atoms with E-state index in [0.717, 1.165) is 23.6 Å². The summed E-state index contributed by atoms with van der Waals surface area (Å²) in [6, 6.07) is 6.23. The van der Waals surface area contributed by atoms with Crippen molar-refractivity contribution in [1.29, 1.82) is 0 Å². The fourth-order valence-electron chi connectivity index (χ4n) is 2.35. The summed E-state index contributed by atoms with van der Waals surface area (Å²) in [6.45, 7) is 0. The summed E-state index contributed by atoms with van der Waals surface area (Å²) >= 11 is 3.49. The summed E-state index contributed by atoms with van der Waals surface area (Å²) in [4.78, 5) is 11.2. The van der Waals surface area contributed by atoms with Gasteiger partial charge >= 0.3 is 0 Å². The average Bonchev–Trinajstić information content (AvgIpc) is 3.00. The molecule has 1 heterocycles. The van der Waals surface area contributed by atoms with Crippen LogP contribution in [0, 0.1) is 0 Å². The molecule has 0 amide bonds. The first-order chi connectivity index (χ1) is 7.66. The van der Waals surface area contributed by atoms with E-state index in [0.29, 0.717) is 0 Å². The molecule has 0 saturated heterocycles. The normalized spacial score (nSPS) is 17.6. The zero-order valence-electron chi connectivity index (χ0n) is 9.03. The summed E-state index contributed by atoms with van der Waals surface area (Å²) in [6.07, 6.45) is 5.19. The smallest absolute Gasteiger partial charge is 0.130 e. The van der Waals surface area contributed by atoms with Gasteiger partial charge in [-0.2, -0.15) is 0 Å². The van der Waals surface area contributed by atoms with Gasteiger partial charge < -0.3 is 9.36 Å². The quantitative estimate of drug-likeness (QED) is 0.773. The molecule has 3 rings (SSSR count). The molecule has 0 bridgehead atoms. The molecular weight excluding hydrogens is 266 g/mol. The molecule has 1 aliphatic rings. The molecule has 3 heteroatoms. The van der Waals surface area contributed by atoms with Crippen molar-refractivity contribution >= 4 is 33.1 Å². The van der Waals surface area contributed by atoms with Gasteiger partial charge in [0.25, 0.3) is 0 Å². The number of aromatic nitrogens is 1. The molecule has 1 aromatic carbocycles. The predicted octanol–water partition coefficient (Wildman–Crippen LogP) is 3.17. The number of aldehydes is 1. The minimum atomic E-state index is -0.194. The van der Waals surface area contributed by atoms with Crippen LogP contribution in [0.5, 0.6) is 0 Å². The average molecular weight is 278 g/mol. The van der Waals surface area contributed by atoms with Gasteiger partial charge in [0.1, 0.15) is 6.29 Å². The van der Waals surface area contributed by atoms with Crippen molar-refractivity contribution in [2.75, 3.05) is 0 Å². The van der Waals surface area contributed by atoms with Crippen LogP contribution in [0.1, 0.15) is 18.4 Å². The number of rotatable bonds is 2. The fourth-order valence-corrected chi connectivity index (χ4v) is 2.71. The highest BCUT2D eigenvalue weighted by atomic mass is 79.9. The Labute approximate surface area is 102 Å². The zero-order chi connectivity index (χ0) is 11.3. The molecule has 1 aromatic heterocycles. The third-order valence-corrected chi connectivity index (χ3v) is 4.00. The lowest BCUT2D eigenvalue weighted by Crippen LogP contribution is -2.06. The van der Waals surface area contributed by atoms with Crippen LogP contribution >= 0.6 is 15.9 Å². The topological polar surface area (TPSA) is 22.0 Å². The first-order valence-corrected chi connectivity index (χ1v) is 6.17. The lowest BCUT2D eigenvalue weighted by Gasteiger charge is -2.04. The van der Waals surface area contributed by atoms with E-state index in [1.54, 1.807) is 0 Å². The van der Waals surface area contributed by atoms with Crippen LogP contribution in [0.2, 0.25) is 0 Å². The number of nitrogens with zero attached hydrogens (tertiary/aromatic N) is 1. The standard InChI is InChI=1S/C13H12BrNO/c1-15-7-11(13(8-16)4-5-13)10-6-9(14)2-3-12(10)15/h2-3,6-8H,4-5H2,1H3. The molecular formula is C13H12BrNO. The monoisotopic (exact) mass is 277 g/mol. The second kappa shape index (κ2) is 3.20. The van der Waals surface area contributed by atoms with E-state index in [1.165, 1.54) is 16.5 Å². The number of hydrogen-bond acceptors (Lipinski definition) is 1. The van der Waals surface area contributed by atoms with Gasteiger partial charge in [0.2, 0.25) is 0 Å². The Bertz CT molecular complexity index is 581. The second-order valence-electron chi connectivity index (χ2n) is 4.59. The number of carbonyl (C=O) groups is 1. The van der Waals surface area contributed by atoms with Gasteiger partial charge in [0.05, 0.1) is 5.41 Å². The molecule has 2 aromatic rings. The van der Waals surface area contributed by atoms with Crippen LogP contribution in [-0.2, 0) is 17.3 Å². The molecule has 16 heavy (non-hydrogen) atoms. The van der Waals surface area contributed by atoms with E-state index in [4.69, 9.17) is 0 Å². The Morgan fingerprint density at radius 3 is 2.81 bits per heavy atom. The van der Waals surface area contributed by atoms with E-state index < -0.39 is 0 Å².